The summed E-state index contributed by atoms with van der Waals surface area (Å²) in [6, 6.07) is 9.54. The van der Waals surface area contributed by atoms with Gasteiger partial charge in [-0.05, 0) is 35.8 Å². The lowest BCUT2D eigenvalue weighted by atomic mass is 10.0. The Morgan fingerprint density at radius 3 is 2.52 bits per heavy atom. The number of likely N-dealkylation sites (N-methyl/N-ethyl adjacent to an activating group) is 1. The second kappa shape index (κ2) is 7.49. The average molecular weight is 368 g/mol. The number of nitro benzene ring substituents is 1. The van der Waals surface area contributed by atoms with E-state index in [1.807, 2.05) is 24.1 Å². The van der Waals surface area contributed by atoms with E-state index in [1.54, 1.807) is 26.4 Å². The number of ether oxygens (including phenoxy) is 2. The van der Waals surface area contributed by atoms with Crippen LogP contribution in [0, 0.1) is 10.1 Å². The lowest BCUT2D eigenvalue weighted by Crippen LogP contribution is -2.24. The fourth-order valence-electron chi connectivity index (χ4n) is 3.10. The van der Waals surface area contributed by atoms with Crippen LogP contribution in [0.15, 0.2) is 42.1 Å². The van der Waals surface area contributed by atoms with Crippen molar-refractivity contribution in [2.45, 2.75) is 6.42 Å². The van der Waals surface area contributed by atoms with Crippen LogP contribution in [0.2, 0.25) is 0 Å². The Morgan fingerprint density at radius 1 is 1.15 bits per heavy atom. The first-order valence-electron chi connectivity index (χ1n) is 8.41. The van der Waals surface area contributed by atoms with E-state index in [-0.39, 0.29) is 17.0 Å². The van der Waals surface area contributed by atoms with Gasteiger partial charge in [-0.15, -0.1) is 0 Å². The Morgan fingerprint density at radius 2 is 1.85 bits per heavy atom. The quantitative estimate of drug-likeness (QED) is 0.457. The van der Waals surface area contributed by atoms with Gasteiger partial charge >= 0.3 is 0 Å². The van der Waals surface area contributed by atoms with E-state index >= 15 is 0 Å². The molecular formula is C20H20N2O5. The van der Waals surface area contributed by atoms with Gasteiger partial charge < -0.3 is 14.4 Å². The van der Waals surface area contributed by atoms with Crippen molar-refractivity contribution < 1.29 is 19.2 Å². The van der Waals surface area contributed by atoms with Gasteiger partial charge in [-0.1, -0.05) is 12.1 Å². The first-order valence-corrected chi connectivity index (χ1v) is 8.41. The maximum absolute atomic E-state index is 13.0. The lowest BCUT2D eigenvalue weighted by Gasteiger charge is -2.19. The molecule has 7 heteroatoms. The van der Waals surface area contributed by atoms with Crippen molar-refractivity contribution in [1.29, 1.82) is 0 Å². The van der Waals surface area contributed by atoms with E-state index in [2.05, 4.69) is 0 Å². The molecule has 0 aromatic heterocycles. The Kier molecular flexibility index (Phi) is 5.12. The topological polar surface area (TPSA) is 81.9 Å². The highest BCUT2D eigenvalue weighted by Gasteiger charge is 2.23. The van der Waals surface area contributed by atoms with E-state index in [1.165, 1.54) is 18.2 Å². The van der Waals surface area contributed by atoms with Gasteiger partial charge in [0.25, 0.3) is 5.69 Å². The number of rotatable bonds is 5. The highest BCUT2D eigenvalue weighted by atomic mass is 16.6. The fourth-order valence-corrected chi connectivity index (χ4v) is 3.10. The number of benzene rings is 2. The number of nitro groups is 1. The molecule has 27 heavy (non-hydrogen) atoms. The van der Waals surface area contributed by atoms with Gasteiger partial charge in [0.2, 0.25) is 5.78 Å². The van der Waals surface area contributed by atoms with Crippen LogP contribution in [-0.4, -0.2) is 43.4 Å². The smallest absolute Gasteiger partial charge is 0.270 e. The van der Waals surface area contributed by atoms with Gasteiger partial charge in [0.15, 0.2) is 11.5 Å². The van der Waals surface area contributed by atoms with Crippen LogP contribution in [0.3, 0.4) is 0 Å². The number of hydrogen-bond acceptors (Lipinski definition) is 6. The van der Waals surface area contributed by atoms with Crippen molar-refractivity contribution in [1.82, 2.24) is 4.90 Å². The summed E-state index contributed by atoms with van der Waals surface area (Å²) in [6.07, 6.45) is 2.53. The number of nitrogens with zero attached hydrogens (tertiary/aromatic N) is 2. The van der Waals surface area contributed by atoms with Crippen molar-refractivity contribution in [3.63, 3.8) is 0 Å². The molecule has 1 aliphatic heterocycles. The van der Waals surface area contributed by atoms with E-state index in [9.17, 15) is 14.9 Å². The maximum Gasteiger partial charge on any atom is 0.270 e. The summed E-state index contributed by atoms with van der Waals surface area (Å²) in [7, 11) is 4.98. The van der Waals surface area contributed by atoms with Crippen LogP contribution >= 0.6 is 0 Å². The third-order valence-electron chi connectivity index (χ3n) is 4.62. The minimum atomic E-state index is -0.506. The van der Waals surface area contributed by atoms with E-state index in [4.69, 9.17) is 9.47 Å². The SMILES string of the molecule is COc1cc2c(cc1OC)CCN(C)C(C(=O)c1cccc([N+](=O)[O-])c1)=C2. The predicted molar refractivity (Wildman–Crippen MR) is 101 cm³/mol. The predicted octanol–water partition coefficient (Wildman–Crippen LogP) is 3.32. The van der Waals surface area contributed by atoms with Gasteiger partial charge in [0.05, 0.1) is 24.8 Å². The summed E-state index contributed by atoms with van der Waals surface area (Å²) in [4.78, 5) is 25.4. The molecule has 0 saturated heterocycles. The first-order chi connectivity index (χ1) is 12.9. The zero-order valence-corrected chi connectivity index (χ0v) is 15.4. The molecule has 2 aromatic rings. The molecular weight excluding hydrogens is 348 g/mol. The summed E-state index contributed by atoms with van der Waals surface area (Å²) in [5.41, 5.74) is 2.56. The third-order valence-corrected chi connectivity index (χ3v) is 4.62. The summed E-state index contributed by atoms with van der Waals surface area (Å²) >= 11 is 0. The zero-order chi connectivity index (χ0) is 19.6. The van der Waals surface area contributed by atoms with Crippen molar-refractivity contribution in [3.8, 4) is 11.5 Å². The second-order valence-electron chi connectivity index (χ2n) is 6.24. The van der Waals surface area contributed by atoms with Crippen LogP contribution in [0.5, 0.6) is 11.5 Å². The summed E-state index contributed by atoms with van der Waals surface area (Å²) < 4.78 is 10.7. The average Bonchev–Trinajstić information content (AvgIpc) is 2.85. The normalized spacial score (nSPS) is 13.3. The van der Waals surface area contributed by atoms with Crippen LogP contribution in [-0.2, 0) is 6.42 Å². The Bertz CT molecular complexity index is 936. The third kappa shape index (κ3) is 3.62. The second-order valence-corrected chi connectivity index (χ2v) is 6.24. The van der Waals surface area contributed by atoms with Gasteiger partial charge in [0.1, 0.15) is 0 Å². The monoisotopic (exact) mass is 368 g/mol. The van der Waals surface area contributed by atoms with E-state index < -0.39 is 4.92 Å². The number of allylic oxidation sites excluding steroid dienone is 1. The molecule has 0 saturated carbocycles. The maximum atomic E-state index is 13.0. The largest absolute Gasteiger partial charge is 0.493 e. The van der Waals surface area contributed by atoms with Crippen LogP contribution in [0.25, 0.3) is 6.08 Å². The molecule has 0 atom stereocenters. The number of carbonyl (C=O) groups is 1. The molecule has 0 bridgehead atoms. The van der Waals surface area contributed by atoms with Crippen molar-refractivity contribution in [2.75, 3.05) is 27.8 Å². The zero-order valence-electron chi connectivity index (χ0n) is 15.4. The summed E-state index contributed by atoms with van der Waals surface area (Å²) in [6.45, 7) is 0.634. The van der Waals surface area contributed by atoms with Crippen molar-refractivity contribution >= 4 is 17.5 Å². The molecule has 3 rings (SSSR count). The van der Waals surface area contributed by atoms with Crippen molar-refractivity contribution in [2.24, 2.45) is 0 Å². The van der Waals surface area contributed by atoms with E-state index in [0.717, 1.165) is 17.5 Å². The summed E-state index contributed by atoms with van der Waals surface area (Å²) in [5.74, 6) is 0.962. The molecule has 140 valence electrons. The first kappa shape index (κ1) is 18.4. The van der Waals surface area contributed by atoms with Gasteiger partial charge in [-0.2, -0.15) is 0 Å². The number of non-ortho nitro benzene ring substituents is 1. The molecule has 0 aliphatic carbocycles. The van der Waals surface area contributed by atoms with Crippen LogP contribution in [0.1, 0.15) is 21.5 Å². The summed E-state index contributed by atoms with van der Waals surface area (Å²) in [5, 5.41) is 11.0. The molecule has 7 nitrogen and oxygen atoms in total. The molecule has 1 aliphatic rings. The number of carbonyl (C=O) groups excluding carboxylic acids is 1. The molecule has 0 spiro atoms. The van der Waals surface area contributed by atoms with Gasteiger partial charge in [-0.25, -0.2) is 0 Å². The standard InChI is InChI=1S/C20H20N2O5/c1-21-8-7-13-11-18(26-2)19(27-3)12-15(13)10-17(21)20(23)14-5-4-6-16(9-14)22(24)25/h4-6,9-12H,7-8H2,1-3H3. The van der Waals surface area contributed by atoms with E-state index in [0.29, 0.717) is 23.7 Å². The highest BCUT2D eigenvalue weighted by molar-refractivity contribution is 6.11. The minimum absolute atomic E-state index is 0.107. The lowest BCUT2D eigenvalue weighted by molar-refractivity contribution is -0.384. The molecule has 0 amide bonds. The highest BCUT2D eigenvalue weighted by Crippen LogP contribution is 2.34. The Hall–Kier alpha value is -3.35. The minimum Gasteiger partial charge on any atom is -0.493 e. The fraction of sp³-hybridized carbons (Fsp3) is 0.250. The molecule has 0 radical (unpaired) electrons. The van der Waals surface area contributed by atoms with Crippen LogP contribution < -0.4 is 9.47 Å². The molecule has 0 N–H and O–H groups in total. The Balaban J connectivity index is 2.06. The molecule has 1 heterocycles. The molecule has 0 fully saturated rings. The number of Topliss-reactive ketones (excluding diaryl/α,β-unsaturated/α-hetero) is 1. The molecule has 0 unspecified atom stereocenters. The number of hydrogen-bond donors (Lipinski definition) is 0. The van der Waals surface area contributed by atoms with Gasteiger partial charge in [-0.3, -0.25) is 14.9 Å². The van der Waals surface area contributed by atoms with Crippen LogP contribution in [0.4, 0.5) is 5.69 Å². The Labute approximate surface area is 157 Å². The number of methoxy groups -OCH3 is 2. The number of fused-ring (bicyclic) bond motifs is 1. The molecule has 2 aromatic carbocycles. The number of ketones is 1. The van der Waals surface area contributed by atoms with Gasteiger partial charge in [0, 0.05) is 31.3 Å². The van der Waals surface area contributed by atoms with Crippen molar-refractivity contribution in [3.05, 3.63) is 68.9 Å².